The van der Waals surface area contributed by atoms with E-state index in [1.807, 2.05) is 12.1 Å². The largest absolute Gasteiger partial charge is 0.378 e. The van der Waals surface area contributed by atoms with Crippen molar-refractivity contribution in [3.63, 3.8) is 0 Å². The van der Waals surface area contributed by atoms with Crippen molar-refractivity contribution in [3.8, 4) is 0 Å². The Kier molecular flexibility index (Phi) is 3.38. The average molecular weight is 256 g/mol. The van der Waals surface area contributed by atoms with Gasteiger partial charge in [0.15, 0.2) is 0 Å². The summed E-state index contributed by atoms with van der Waals surface area (Å²) < 4.78 is 5.59. The summed E-state index contributed by atoms with van der Waals surface area (Å²) in [5.74, 6) is 1.59. The van der Waals surface area contributed by atoms with Crippen LogP contribution in [0.25, 0.3) is 10.9 Å². The van der Waals surface area contributed by atoms with Gasteiger partial charge in [-0.3, -0.25) is 0 Å². The van der Waals surface area contributed by atoms with E-state index >= 15 is 0 Å². The Morgan fingerprint density at radius 3 is 3.00 bits per heavy atom. The Morgan fingerprint density at radius 2 is 2.21 bits per heavy atom. The summed E-state index contributed by atoms with van der Waals surface area (Å²) in [6, 6.07) is 10.4. The molecule has 3 heteroatoms. The number of hydrogen-bond donors (Lipinski definition) is 1. The van der Waals surface area contributed by atoms with Crippen LogP contribution in [0.1, 0.15) is 18.9 Å². The van der Waals surface area contributed by atoms with Crippen molar-refractivity contribution < 1.29 is 4.74 Å². The number of benzene rings is 1. The minimum absolute atomic E-state index is 0.355. The number of anilines is 1. The molecule has 100 valence electrons. The van der Waals surface area contributed by atoms with E-state index in [-0.39, 0.29) is 0 Å². The summed E-state index contributed by atoms with van der Waals surface area (Å²) >= 11 is 0. The molecule has 3 nitrogen and oxygen atoms in total. The van der Waals surface area contributed by atoms with Crippen LogP contribution in [0.3, 0.4) is 0 Å². The monoisotopic (exact) mass is 256 g/mol. The first-order valence-corrected chi connectivity index (χ1v) is 6.96. The van der Waals surface area contributed by atoms with E-state index in [1.54, 1.807) is 0 Å². The summed E-state index contributed by atoms with van der Waals surface area (Å²) in [7, 11) is 0. The molecule has 1 aliphatic rings. The predicted molar refractivity (Wildman–Crippen MR) is 78.5 cm³/mol. The molecule has 2 heterocycles. The van der Waals surface area contributed by atoms with Gasteiger partial charge in [0.2, 0.25) is 0 Å². The lowest BCUT2D eigenvalue weighted by Crippen LogP contribution is -2.21. The zero-order chi connectivity index (χ0) is 13.2. The van der Waals surface area contributed by atoms with Crippen LogP contribution < -0.4 is 5.32 Å². The number of ether oxygens (including phenoxy) is 1. The normalized spacial score (nSPS) is 22.8. The summed E-state index contributed by atoms with van der Waals surface area (Å²) in [6.07, 6.45) is 1.49. The molecule has 1 aromatic carbocycles. The van der Waals surface area contributed by atoms with Crippen LogP contribution in [0.2, 0.25) is 0 Å². The lowest BCUT2D eigenvalue weighted by atomic mass is 10.0. The average Bonchev–Trinajstić information content (AvgIpc) is 2.82. The number of fused-ring (bicyclic) bond motifs is 1. The fraction of sp³-hybridized carbons (Fsp3) is 0.438. The topological polar surface area (TPSA) is 34.2 Å². The molecule has 2 atom stereocenters. The summed E-state index contributed by atoms with van der Waals surface area (Å²) in [6.45, 7) is 6.08. The molecule has 1 N–H and O–H groups in total. The highest BCUT2D eigenvalue weighted by Crippen LogP contribution is 2.23. The summed E-state index contributed by atoms with van der Waals surface area (Å²) in [5.41, 5.74) is 2.25. The number of para-hydroxylation sites is 1. The van der Waals surface area contributed by atoms with Crippen molar-refractivity contribution in [2.24, 2.45) is 5.92 Å². The first-order valence-electron chi connectivity index (χ1n) is 6.96. The van der Waals surface area contributed by atoms with E-state index in [4.69, 9.17) is 9.72 Å². The number of rotatable bonds is 3. The Hall–Kier alpha value is -1.61. The summed E-state index contributed by atoms with van der Waals surface area (Å²) in [5, 5.41) is 4.68. The van der Waals surface area contributed by atoms with Crippen LogP contribution in [-0.2, 0) is 4.74 Å². The quantitative estimate of drug-likeness (QED) is 0.914. The zero-order valence-corrected chi connectivity index (χ0v) is 11.5. The minimum Gasteiger partial charge on any atom is -0.378 e. The Morgan fingerprint density at radius 1 is 1.37 bits per heavy atom. The fourth-order valence-electron chi connectivity index (χ4n) is 2.67. The smallest absolute Gasteiger partial charge is 0.129 e. The van der Waals surface area contributed by atoms with Gasteiger partial charge in [-0.2, -0.15) is 0 Å². The van der Waals surface area contributed by atoms with Crippen molar-refractivity contribution >= 4 is 16.7 Å². The molecule has 1 saturated heterocycles. The van der Waals surface area contributed by atoms with Crippen molar-refractivity contribution in [3.05, 3.63) is 35.9 Å². The second kappa shape index (κ2) is 5.17. The highest BCUT2D eigenvalue weighted by Gasteiger charge is 2.23. The number of aryl methyl sites for hydroxylation is 1. The zero-order valence-electron chi connectivity index (χ0n) is 11.5. The second-order valence-electron chi connectivity index (χ2n) is 5.35. The predicted octanol–water partition coefficient (Wildman–Crippen LogP) is 3.38. The van der Waals surface area contributed by atoms with Gasteiger partial charge in [-0.25, -0.2) is 4.98 Å². The van der Waals surface area contributed by atoms with E-state index in [0.29, 0.717) is 12.0 Å². The van der Waals surface area contributed by atoms with E-state index in [1.165, 1.54) is 10.9 Å². The van der Waals surface area contributed by atoms with Crippen LogP contribution >= 0.6 is 0 Å². The fourth-order valence-corrected chi connectivity index (χ4v) is 2.67. The standard InChI is InChI=1S/C16H20N2O/c1-11-9-13-5-3-4-6-15(13)18-16(11)17-10-14-7-8-19-12(14)2/h3-6,9,12,14H,7-8,10H2,1-2H3,(H,17,18). The highest BCUT2D eigenvalue weighted by molar-refractivity contribution is 5.81. The van der Waals surface area contributed by atoms with Gasteiger partial charge in [0.25, 0.3) is 0 Å². The van der Waals surface area contributed by atoms with Crippen molar-refractivity contribution in [2.75, 3.05) is 18.5 Å². The number of nitrogens with one attached hydrogen (secondary N) is 1. The molecule has 2 unspecified atom stereocenters. The Balaban J connectivity index is 1.78. The number of pyridine rings is 1. The van der Waals surface area contributed by atoms with Crippen LogP contribution in [0, 0.1) is 12.8 Å². The summed E-state index contributed by atoms with van der Waals surface area (Å²) in [4.78, 5) is 4.71. The maximum atomic E-state index is 5.59. The Labute approximate surface area is 114 Å². The van der Waals surface area contributed by atoms with Crippen LogP contribution in [-0.4, -0.2) is 24.2 Å². The highest BCUT2D eigenvalue weighted by atomic mass is 16.5. The third-order valence-corrected chi connectivity index (χ3v) is 3.98. The molecule has 1 aliphatic heterocycles. The molecule has 0 spiro atoms. The van der Waals surface area contributed by atoms with Crippen LogP contribution in [0.4, 0.5) is 5.82 Å². The maximum Gasteiger partial charge on any atom is 0.129 e. The van der Waals surface area contributed by atoms with Crippen LogP contribution in [0.15, 0.2) is 30.3 Å². The molecule has 1 fully saturated rings. The van der Waals surface area contributed by atoms with Gasteiger partial charge in [0, 0.05) is 24.5 Å². The number of nitrogens with zero attached hydrogens (tertiary/aromatic N) is 1. The molecule has 0 amide bonds. The SMILES string of the molecule is Cc1cc2ccccc2nc1NCC1CCOC1C. The molecule has 0 aliphatic carbocycles. The lowest BCUT2D eigenvalue weighted by molar-refractivity contribution is 0.108. The molecular weight excluding hydrogens is 236 g/mol. The first kappa shape index (κ1) is 12.4. The van der Waals surface area contributed by atoms with Gasteiger partial charge < -0.3 is 10.1 Å². The third-order valence-electron chi connectivity index (χ3n) is 3.98. The van der Waals surface area contributed by atoms with Gasteiger partial charge in [-0.1, -0.05) is 18.2 Å². The number of aromatic nitrogens is 1. The maximum absolute atomic E-state index is 5.59. The molecule has 1 aromatic heterocycles. The van der Waals surface area contributed by atoms with E-state index < -0.39 is 0 Å². The molecule has 0 saturated carbocycles. The van der Waals surface area contributed by atoms with Gasteiger partial charge in [-0.15, -0.1) is 0 Å². The molecule has 3 rings (SSSR count). The lowest BCUT2D eigenvalue weighted by Gasteiger charge is -2.16. The second-order valence-corrected chi connectivity index (χ2v) is 5.35. The first-order chi connectivity index (χ1) is 9.24. The molecule has 0 radical (unpaired) electrons. The van der Waals surface area contributed by atoms with Crippen LogP contribution in [0.5, 0.6) is 0 Å². The van der Waals surface area contributed by atoms with Crippen molar-refractivity contribution in [1.29, 1.82) is 0 Å². The molecular formula is C16H20N2O. The van der Waals surface area contributed by atoms with Gasteiger partial charge >= 0.3 is 0 Å². The number of hydrogen-bond acceptors (Lipinski definition) is 3. The van der Waals surface area contributed by atoms with E-state index in [0.717, 1.165) is 30.9 Å². The van der Waals surface area contributed by atoms with Gasteiger partial charge in [-0.05, 0) is 38.0 Å². The van der Waals surface area contributed by atoms with E-state index in [2.05, 4.69) is 37.4 Å². The molecule has 19 heavy (non-hydrogen) atoms. The Bertz CT molecular complexity index is 582. The van der Waals surface area contributed by atoms with Crippen molar-refractivity contribution in [2.45, 2.75) is 26.4 Å². The van der Waals surface area contributed by atoms with Gasteiger partial charge in [0.05, 0.1) is 11.6 Å². The van der Waals surface area contributed by atoms with E-state index in [9.17, 15) is 0 Å². The minimum atomic E-state index is 0.355. The van der Waals surface area contributed by atoms with Gasteiger partial charge in [0.1, 0.15) is 5.82 Å². The van der Waals surface area contributed by atoms with Crippen molar-refractivity contribution in [1.82, 2.24) is 4.98 Å². The molecule has 2 aromatic rings. The molecule has 0 bridgehead atoms. The third kappa shape index (κ3) is 2.56.